The molecule has 0 nitrogen and oxygen atoms in total. The van der Waals surface area contributed by atoms with E-state index in [2.05, 4.69) is 83.1 Å². The minimum atomic E-state index is 0. The van der Waals surface area contributed by atoms with Gasteiger partial charge in [0.05, 0.1) is 0 Å². The van der Waals surface area contributed by atoms with Crippen LogP contribution in [0.4, 0.5) is 0 Å². The predicted molar refractivity (Wildman–Crippen MR) is 153 cm³/mol. The van der Waals surface area contributed by atoms with Crippen LogP contribution in [0.3, 0.4) is 0 Å². The van der Waals surface area contributed by atoms with Crippen molar-refractivity contribution in [1.82, 2.24) is 0 Å². The molecule has 6 aromatic rings. The van der Waals surface area contributed by atoms with E-state index in [0.717, 1.165) is 0 Å². The van der Waals surface area contributed by atoms with Crippen LogP contribution in [0.2, 0.25) is 0 Å². The molecule has 0 amide bonds. The number of benzene rings is 4. The van der Waals surface area contributed by atoms with Gasteiger partial charge in [0, 0.05) is 164 Å². The van der Waals surface area contributed by atoms with Crippen molar-refractivity contribution in [3.8, 4) is 0 Å². The van der Waals surface area contributed by atoms with E-state index in [9.17, 15) is 0 Å². The van der Waals surface area contributed by atoms with Gasteiger partial charge >= 0.3 is 0 Å². The summed E-state index contributed by atoms with van der Waals surface area (Å²) < 4.78 is 0. The normalized spacial score (nSPS) is 11.1. The number of hydrogen-bond donors (Lipinski definition) is 0. The van der Waals surface area contributed by atoms with Crippen LogP contribution in [0.25, 0.3) is 53.9 Å². The summed E-state index contributed by atoms with van der Waals surface area (Å²) in [5.41, 5.74) is 17.5. The average molecular weight is 889 g/mol. The van der Waals surface area contributed by atoms with E-state index in [4.69, 9.17) is 0 Å². The van der Waals surface area contributed by atoms with E-state index < -0.39 is 0 Å². The van der Waals surface area contributed by atoms with Crippen molar-refractivity contribution in [3.05, 3.63) is 66.8 Å². The van der Waals surface area contributed by atoms with E-state index in [1.165, 1.54) is 121 Å². The topological polar surface area (TPSA) is 0 Å². The Labute approximate surface area is 360 Å². The molecule has 6 aromatic carbocycles. The molecule has 0 saturated heterocycles. The van der Waals surface area contributed by atoms with Gasteiger partial charge in [-0.1, -0.05) is 44.2 Å². The van der Waals surface area contributed by atoms with Crippen LogP contribution in [0.1, 0.15) is 66.8 Å². The first-order chi connectivity index (χ1) is 15.9. The zero-order chi connectivity index (χ0) is 24.7. The van der Waals surface area contributed by atoms with Crippen molar-refractivity contribution < 1.29 is 164 Å². The molecule has 0 aliphatic heterocycles. The van der Waals surface area contributed by atoms with Crippen molar-refractivity contribution in [2.45, 2.75) is 83.1 Å². The van der Waals surface area contributed by atoms with Gasteiger partial charge in [-0.25, -0.2) is 21.9 Å². The van der Waals surface area contributed by atoms with Gasteiger partial charge in [0.2, 0.25) is 0 Å². The van der Waals surface area contributed by atoms with E-state index in [-0.39, 0.29) is 164 Å². The summed E-state index contributed by atoms with van der Waals surface area (Å²) in [6.07, 6.45) is 0. The van der Waals surface area contributed by atoms with Crippen LogP contribution in [-0.2, 0) is 164 Å². The van der Waals surface area contributed by atoms with Crippen LogP contribution in [-0.4, -0.2) is 0 Å². The van der Waals surface area contributed by atoms with E-state index in [1.807, 2.05) is 0 Å². The van der Waals surface area contributed by atoms with Gasteiger partial charge in [-0.3, -0.25) is 0 Å². The summed E-state index contributed by atoms with van der Waals surface area (Å²) in [5.74, 6) is 0. The third-order valence-electron chi connectivity index (χ3n) is 10.1. The first kappa shape index (κ1) is 39.7. The molecule has 0 aliphatic carbocycles. The summed E-state index contributed by atoms with van der Waals surface area (Å²) in [6, 6.07) is 0. The Kier molecular flexibility index (Phi) is 13.8. The van der Waals surface area contributed by atoms with Crippen LogP contribution in [0, 0.1) is 83.1 Å². The van der Waals surface area contributed by atoms with Gasteiger partial charge in [0.25, 0.3) is 0 Å². The Bertz CT molecular complexity index is 1780. The maximum absolute atomic E-state index is 2.39. The third kappa shape index (κ3) is 4.96. The SMILES string of the molecule is Cc1c(C)c(C)c2c(C)c3c(c(C)c2c1C)c1c(C)c(C)c2c4c1c3c(C)c(C)c4[c-](C)[c-]2C.[Y].[Y].[Y].[Y].[Y]. The minimum absolute atomic E-state index is 0. The second-order valence-electron chi connectivity index (χ2n) is 11.2. The fourth-order valence-electron chi connectivity index (χ4n) is 7.69. The first-order valence-corrected chi connectivity index (χ1v) is 12.8. The van der Waals surface area contributed by atoms with Crippen LogP contribution >= 0.6 is 0 Å². The quantitative estimate of drug-likeness (QED) is 0.133. The summed E-state index contributed by atoms with van der Waals surface area (Å²) in [4.78, 5) is 0. The van der Waals surface area contributed by atoms with Crippen LogP contribution in [0.15, 0.2) is 0 Å². The van der Waals surface area contributed by atoms with Gasteiger partial charge in [-0.2, -0.15) is 16.5 Å². The molecule has 0 saturated carbocycles. The summed E-state index contributed by atoms with van der Waals surface area (Å²) in [5, 5.41) is 15.0. The van der Waals surface area contributed by atoms with Crippen molar-refractivity contribution in [2.75, 3.05) is 0 Å². The van der Waals surface area contributed by atoms with Gasteiger partial charge in [-0.15, -0.1) is 0 Å². The molecule has 0 spiro atoms. The van der Waals surface area contributed by atoms with Crippen molar-refractivity contribution >= 4 is 53.9 Å². The maximum atomic E-state index is 2.39. The molecule has 0 aliphatic rings. The molecule has 189 valence electrons. The molecule has 0 unspecified atom stereocenters. The monoisotopic (exact) mass is 889 g/mol. The number of rotatable bonds is 0. The summed E-state index contributed by atoms with van der Waals surface area (Å²) >= 11 is 0. The molecule has 0 aromatic heterocycles. The second-order valence-corrected chi connectivity index (χ2v) is 11.2. The molecule has 39 heavy (non-hydrogen) atoms. The number of aryl methyl sites for hydroxylation is 10. The smallest absolute Gasteiger partial charge is 0 e. The van der Waals surface area contributed by atoms with E-state index >= 15 is 0 Å². The predicted octanol–water partition coefficient (Wildman–Crippen LogP) is 10.0. The van der Waals surface area contributed by atoms with Crippen molar-refractivity contribution in [2.24, 2.45) is 0 Å². The van der Waals surface area contributed by atoms with Crippen LogP contribution < -0.4 is 0 Å². The molecule has 0 N–H and O–H groups in total. The van der Waals surface area contributed by atoms with E-state index in [0.29, 0.717) is 0 Å². The molecule has 0 atom stereocenters. The summed E-state index contributed by atoms with van der Waals surface area (Å²) in [7, 11) is 0. The first-order valence-electron chi connectivity index (χ1n) is 12.8. The number of fused-ring (bicyclic) bond motifs is 4. The molecule has 0 bridgehead atoms. The summed E-state index contributed by atoms with van der Waals surface area (Å²) in [6.45, 7) is 28.2. The third-order valence-corrected chi connectivity index (χ3v) is 10.1. The average Bonchev–Trinajstić information content (AvgIpc) is 3.29. The standard InChI is InChI=1S/C34H36.5Y/c1-13-14(2)16(4)28-24(12)32-30-22(10)20(8)26-18(6)17(5)25-19(7)21(9)29(34(30)33(25)26)31(32)23(11)27(28)15(13)3;;;;;/h1-12H3;;;;;/q-2;;;;;. The molecule has 0 heterocycles. The van der Waals surface area contributed by atoms with Gasteiger partial charge in [-0.05, 0) is 121 Å². The Morgan fingerprint density at radius 2 is 0.513 bits per heavy atom. The Balaban J connectivity index is 0.00000152. The van der Waals surface area contributed by atoms with Gasteiger partial charge in [0.1, 0.15) is 0 Å². The fraction of sp³-hybridized carbons (Fsp3) is 0.353. The van der Waals surface area contributed by atoms with Crippen molar-refractivity contribution in [3.63, 3.8) is 0 Å². The van der Waals surface area contributed by atoms with Crippen molar-refractivity contribution in [1.29, 1.82) is 0 Å². The molecule has 5 radical (unpaired) electrons. The Morgan fingerprint density at radius 3 is 0.821 bits per heavy atom. The zero-order valence-electron chi connectivity index (χ0n) is 25.9. The maximum Gasteiger partial charge on any atom is 0 e. The van der Waals surface area contributed by atoms with E-state index in [1.54, 1.807) is 0 Å². The Hall–Kier alpha value is 2.66. The van der Waals surface area contributed by atoms with Gasteiger partial charge in [0.15, 0.2) is 0 Å². The van der Waals surface area contributed by atoms with Crippen LogP contribution in [0.5, 0.6) is 0 Å². The Morgan fingerprint density at radius 1 is 0.256 bits per heavy atom. The largest absolute Gasteiger partial charge is 0.217 e. The minimum Gasteiger partial charge on any atom is -0.217 e. The zero-order valence-corrected chi connectivity index (χ0v) is 40.1. The molecular formula is C34H36Y5-2. The molecule has 0 fully saturated rings. The fourth-order valence-corrected chi connectivity index (χ4v) is 7.69. The molecular weight excluding hydrogens is 853 g/mol. The molecule has 6 rings (SSSR count). The second kappa shape index (κ2) is 13.6. The van der Waals surface area contributed by atoms with Gasteiger partial charge < -0.3 is 0 Å². The number of hydrogen-bond acceptors (Lipinski definition) is 0. The molecule has 5 heteroatoms.